The van der Waals surface area contributed by atoms with Gasteiger partial charge in [-0.3, -0.25) is 9.69 Å². The fourth-order valence-corrected chi connectivity index (χ4v) is 4.49. The van der Waals surface area contributed by atoms with Gasteiger partial charge in [-0.15, -0.1) is 11.3 Å². The molecule has 0 radical (unpaired) electrons. The summed E-state index contributed by atoms with van der Waals surface area (Å²) in [5.41, 5.74) is 1.55. The van der Waals surface area contributed by atoms with Crippen LogP contribution in [0.15, 0.2) is 40.1 Å². The maximum atomic E-state index is 12.8. The normalized spacial score (nSPS) is 17.9. The molecule has 1 N–H and O–H groups in total. The van der Waals surface area contributed by atoms with Crippen molar-refractivity contribution < 1.29 is 13.9 Å². The number of piperidine rings is 1. The molecule has 1 aromatic carbocycles. The number of methoxy groups -OCH3 is 1. The van der Waals surface area contributed by atoms with Crippen molar-refractivity contribution in [1.82, 2.24) is 10.2 Å². The molecule has 6 heteroatoms. The molecule has 0 spiro atoms. The summed E-state index contributed by atoms with van der Waals surface area (Å²) >= 11 is 1.78. The Kier molecular flexibility index (Phi) is 5.18. The Morgan fingerprint density at radius 3 is 3.07 bits per heavy atom. The van der Waals surface area contributed by atoms with Crippen LogP contribution < -0.4 is 10.1 Å². The van der Waals surface area contributed by atoms with E-state index >= 15 is 0 Å². The van der Waals surface area contributed by atoms with Crippen LogP contribution in [0.25, 0.3) is 11.0 Å². The van der Waals surface area contributed by atoms with Crippen LogP contribution in [0.3, 0.4) is 0 Å². The Balaban J connectivity index is 1.45. The van der Waals surface area contributed by atoms with Crippen LogP contribution in [0.1, 0.15) is 33.8 Å². The average Bonchev–Trinajstić information content (AvgIpc) is 3.29. The number of nitrogens with zero attached hydrogens (tertiary/aromatic N) is 1. The molecule has 1 fully saturated rings. The molecule has 1 saturated heterocycles. The molecule has 1 atom stereocenters. The van der Waals surface area contributed by atoms with Gasteiger partial charge < -0.3 is 14.5 Å². The van der Waals surface area contributed by atoms with Crippen LogP contribution in [-0.4, -0.2) is 37.0 Å². The molecule has 27 heavy (non-hydrogen) atoms. The first-order valence-corrected chi connectivity index (χ1v) is 10.1. The predicted octanol–water partition coefficient (Wildman–Crippen LogP) is 4.21. The molecule has 5 nitrogen and oxygen atoms in total. The van der Waals surface area contributed by atoms with Gasteiger partial charge in [0.2, 0.25) is 0 Å². The maximum absolute atomic E-state index is 12.8. The summed E-state index contributed by atoms with van der Waals surface area (Å²) in [7, 11) is 1.62. The van der Waals surface area contributed by atoms with Crippen LogP contribution >= 0.6 is 11.3 Å². The van der Waals surface area contributed by atoms with E-state index in [0.717, 1.165) is 49.2 Å². The third-order valence-electron chi connectivity index (χ3n) is 5.15. The lowest BCUT2D eigenvalue weighted by molar-refractivity contribution is 0.0874. The summed E-state index contributed by atoms with van der Waals surface area (Å²) < 4.78 is 11.1. The molecule has 4 rings (SSSR count). The van der Waals surface area contributed by atoms with Gasteiger partial charge in [0.25, 0.3) is 5.91 Å². The number of rotatable bonds is 5. The number of thiophene rings is 1. The summed E-state index contributed by atoms with van der Waals surface area (Å²) in [4.78, 5) is 16.6. The smallest absolute Gasteiger partial charge is 0.287 e. The first-order valence-electron chi connectivity index (χ1n) is 9.27. The first-order chi connectivity index (χ1) is 13.1. The van der Waals surface area contributed by atoms with Crippen molar-refractivity contribution in [3.8, 4) is 5.75 Å². The molecule has 3 heterocycles. The number of likely N-dealkylation sites (tertiary alicyclic amines) is 1. The second-order valence-electron chi connectivity index (χ2n) is 7.05. The van der Waals surface area contributed by atoms with Gasteiger partial charge in [0.05, 0.1) is 7.11 Å². The minimum atomic E-state index is -0.134. The van der Waals surface area contributed by atoms with Crippen molar-refractivity contribution in [2.24, 2.45) is 0 Å². The molecule has 1 unspecified atom stereocenters. The van der Waals surface area contributed by atoms with E-state index in [4.69, 9.17) is 9.15 Å². The van der Waals surface area contributed by atoms with Gasteiger partial charge in [0.15, 0.2) is 5.76 Å². The van der Waals surface area contributed by atoms with Crippen LogP contribution in [0.4, 0.5) is 0 Å². The minimum absolute atomic E-state index is 0.134. The molecule has 3 aromatic rings. The molecule has 0 bridgehead atoms. The van der Waals surface area contributed by atoms with Crippen LogP contribution in [0.5, 0.6) is 5.75 Å². The lowest BCUT2D eigenvalue weighted by Gasteiger charge is -2.32. The number of nitrogens with one attached hydrogen (secondary N) is 1. The molecule has 0 aliphatic carbocycles. The lowest BCUT2D eigenvalue weighted by atomic mass is 10.0. The van der Waals surface area contributed by atoms with E-state index in [2.05, 4.69) is 27.7 Å². The van der Waals surface area contributed by atoms with Gasteiger partial charge in [-0.05, 0) is 49.9 Å². The van der Waals surface area contributed by atoms with Gasteiger partial charge in [0, 0.05) is 41.0 Å². The highest BCUT2D eigenvalue weighted by Gasteiger charge is 2.25. The topological polar surface area (TPSA) is 54.7 Å². The Labute approximate surface area is 162 Å². The van der Waals surface area contributed by atoms with E-state index in [1.54, 1.807) is 18.4 Å². The van der Waals surface area contributed by atoms with Gasteiger partial charge in [0.1, 0.15) is 11.3 Å². The van der Waals surface area contributed by atoms with Gasteiger partial charge in [-0.1, -0.05) is 6.07 Å². The fourth-order valence-electron chi connectivity index (χ4n) is 3.74. The number of hydrogen-bond acceptors (Lipinski definition) is 5. The van der Waals surface area contributed by atoms with Crippen molar-refractivity contribution >= 4 is 28.2 Å². The lowest BCUT2D eigenvalue weighted by Crippen LogP contribution is -2.47. The summed E-state index contributed by atoms with van der Waals surface area (Å²) in [6, 6.07) is 10.0. The summed E-state index contributed by atoms with van der Waals surface area (Å²) in [5.74, 6) is 0.985. The number of carbonyl (C=O) groups is 1. The van der Waals surface area contributed by atoms with Gasteiger partial charge in [-0.2, -0.15) is 0 Å². The maximum Gasteiger partial charge on any atom is 0.287 e. The second kappa shape index (κ2) is 7.74. The van der Waals surface area contributed by atoms with Crippen LogP contribution in [-0.2, 0) is 6.54 Å². The van der Waals surface area contributed by atoms with E-state index in [1.165, 1.54) is 4.88 Å². The van der Waals surface area contributed by atoms with Crippen LogP contribution in [0.2, 0.25) is 0 Å². The number of hydrogen-bond donors (Lipinski definition) is 1. The molecule has 142 valence electrons. The van der Waals surface area contributed by atoms with Crippen molar-refractivity contribution in [2.75, 3.05) is 20.2 Å². The van der Waals surface area contributed by atoms with E-state index in [-0.39, 0.29) is 11.9 Å². The SMILES string of the molecule is COc1ccc2c(C)c(C(=O)NC3CCCN(Cc4cccs4)C3)oc2c1. The predicted molar refractivity (Wildman–Crippen MR) is 108 cm³/mol. The number of fused-ring (bicyclic) bond motifs is 1. The highest BCUT2D eigenvalue weighted by Crippen LogP contribution is 2.29. The van der Waals surface area contributed by atoms with E-state index in [9.17, 15) is 4.79 Å². The van der Waals surface area contributed by atoms with Crippen LogP contribution in [0, 0.1) is 6.92 Å². The van der Waals surface area contributed by atoms with E-state index in [0.29, 0.717) is 11.3 Å². The van der Waals surface area contributed by atoms with Gasteiger partial charge in [-0.25, -0.2) is 0 Å². The third-order valence-corrected chi connectivity index (χ3v) is 6.01. The highest BCUT2D eigenvalue weighted by molar-refractivity contribution is 7.09. The first kappa shape index (κ1) is 18.1. The molecular formula is C21H24N2O3S. The number of amides is 1. The third kappa shape index (κ3) is 3.87. The number of aryl methyl sites for hydroxylation is 1. The van der Waals surface area contributed by atoms with E-state index < -0.39 is 0 Å². The number of benzene rings is 1. The Morgan fingerprint density at radius 2 is 2.30 bits per heavy atom. The zero-order valence-electron chi connectivity index (χ0n) is 15.7. The Hall–Kier alpha value is -2.31. The van der Waals surface area contributed by atoms with E-state index in [1.807, 2.05) is 25.1 Å². The quantitative estimate of drug-likeness (QED) is 0.716. The van der Waals surface area contributed by atoms with Crippen molar-refractivity contribution in [3.63, 3.8) is 0 Å². The number of ether oxygens (including phenoxy) is 1. The highest BCUT2D eigenvalue weighted by atomic mass is 32.1. The largest absolute Gasteiger partial charge is 0.497 e. The zero-order valence-corrected chi connectivity index (χ0v) is 16.5. The van der Waals surface area contributed by atoms with Crippen molar-refractivity contribution in [3.05, 3.63) is 51.9 Å². The fraction of sp³-hybridized carbons (Fsp3) is 0.381. The monoisotopic (exact) mass is 384 g/mol. The summed E-state index contributed by atoms with van der Waals surface area (Å²) in [6.45, 7) is 4.83. The Bertz CT molecular complexity index is 932. The second-order valence-corrected chi connectivity index (χ2v) is 8.08. The number of carbonyl (C=O) groups excluding carboxylic acids is 1. The van der Waals surface area contributed by atoms with Crippen molar-refractivity contribution in [1.29, 1.82) is 0 Å². The molecular weight excluding hydrogens is 360 g/mol. The molecule has 1 amide bonds. The number of furan rings is 1. The minimum Gasteiger partial charge on any atom is -0.497 e. The standard InChI is InChI=1S/C21H24N2O3S/c1-14-18-8-7-16(25-2)11-19(18)26-20(14)21(24)22-15-5-3-9-23(12-15)13-17-6-4-10-27-17/h4,6-8,10-11,15H,3,5,9,12-13H2,1-2H3,(H,22,24). The molecule has 1 aliphatic heterocycles. The molecule has 2 aromatic heterocycles. The molecule has 0 saturated carbocycles. The Morgan fingerprint density at radius 1 is 1.41 bits per heavy atom. The van der Waals surface area contributed by atoms with Crippen molar-refractivity contribution in [2.45, 2.75) is 32.4 Å². The van der Waals surface area contributed by atoms with Gasteiger partial charge >= 0.3 is 0 Å². The average molecular weight is 385 g/mol. The summed E-state index contributed by atoms with van der Waals surface area (Å²) in [5, 5.41) is 6.23. The summed E-state index contributed by atoms with van der Waals surface area (Å²) in [6.07, 6.45) is 2.09. The zero-order chi connectivity index (χ0) is 18.8. The molecule has 1 aliphatic rings.